The third kappa shape index (κ3) is 2.87. The molecule has 0 saturated carbocycles. The van der Waals surface area contributed by atoms with E-state index in [1.807, 2.05) is 18.4 Å². The first kappa shape index (κ1) is 9.73. The van der Waals surface area contributed by atoms with Crippen LogP contribution in [-0.4, -0.2) is 17.0 Å². The fraction of sp³-hybridized carbons (Fsp3) is 0.250. The molecule has 1 amide bonds. The smallest absolute Gasteiger partial charge is 0.394 e. The lowest BCUT2D eigenvalue weighted by Crippen LogP contribution is -2.29. The van der Waals surface area contributed by atoms with Gasteiger partial charge in [0.25, 0.3) is 0 Å². The molecule has 0 radical (unpaired) electrons. The number of aliphatic carboxylic acids is 1. The van der Waals surface area contributed by atoms with E-state index in [9.17, 15) is 9.59 Å². The van der Waals surface area contributed by atoms with Gasteiger partial charge in [0.1, 0.15) is 0 Å². The van der Waals surface area contributed by atoms with E-state index in [0.717, 1.165) is 10.4 Å². The lowest BCUT2D eigenvalue weighted by atomic mass is 10.3. The number of carbonyl (C=O) groups excluding carboxylic acids is 1. The fourth-order valence-electron chi connectivity index (χ4n) is 0.826. The van der Waals surface area contributed by atoms with Crippen molar-refractivity contribution in [2.24, 2.45) is 0 Å². The molecule has 1 heterocycles. The Balaban J connectivity index is 2.44. The van der Waals surface area contributed by atoms with Gasteiger partial charge in [-0.15, -0.1) is 11.3 Å². The molecule has 5 heteroatoms. The number of hydrogen-bond donors (Lipinski definition) is 2. The number of amides is 1. The van der Waals surface area contributed by atoms with Gasteiger partial charge in [-0.25, -0.2) is 4.79 Å². The zero-order chi connectivity index (χ0) is 9.84. The molecule has 0 atom stereocenters. The molecule has 0 saturated heterocycles. The summed E-state index contributed by atoms with van der Waals surface area (Å²) in [6, 6.07) is 1.91. The zero-order valence-corrected chi connectivity index (χ0v) is 7.85. The van der Waals surface area contributed by atoms with Crippen LogP contribution in [0.3, 0.4) is 0 Å². The molecule has 13 heavy (non-hydrogen) atoms. The summed E-state index contributed by atoms with van der Waals surface area (Å²) in [6.07, 6.45) is 0. The number of thiophene rings is 1. The number of carbonyl (C=O) groups is 2. The number of hydrogen-bond acceptors (Lipinski definition) is 3. The highest BCUT2D eigenvalue weighted by molar-refractivity contribution is 7.10. The molecule has 1 aromatic heterocycles. The predicted molar refractivity (Wildman–Crippen MR) is 48.5 cm³/mol. The van der Waals surface area contributed by atoms with E-state index in [1.165, 1.54) is 11.3 Å². The molecule has 1 aromatic rings. The fourth-order valence-corrected chi connectivity index (χ4v) is 1.64. The SMILES string of the molecule is Cc1csc(CNC(=O)C(=O)O)c1. The summed E-state index contributed by atoms with van der Waals surface area (Å²) in [6.45, 7) is 2.22. The van der Waals surface area contributed by atoms with Crippen LogP contribution in [0.15, 0.2) is 11.4 Å². The van der Waals surface area contributed by atoms with Gasteiger partial charge in [0, 0.05) is 4.88 Å². The summed E-state index contributed by atoms with van der Waals surface area (Å²) >= 11 is 1.50. The van der Waals surface area contributed by atoms with E-state index in [4.69, 9.17) is 5.11 Å². The molecule has 1 rings (SSSR count). The number of carboxylic acids is 1. The minimum atomic E-state index is -1.45. The van der Waals surface area contributed by atoms with Crippen LogP contribution in [0.5, 0.6) is 0 Å². The molecule has 0 aliphatic rings. The van der Waals surface area contributed by atoms with Gasteiger partial charge in [-0.1, -0.05) is 0 Å². The molecular formula is C8H9NO3S. The van der Waals surface area contributed by atoms with E-state index in [0.29, 0.717) is 0 Å². The molecule has 0 unspecified atom stereocenters. The molecule has 0 aliphatic heterocycles. The van der Waals surface area contributed by atoms with Crippen LogP contribution in [-0.2, 0) is 16.1 Å². The summed E-state index contributed by atoms with van der Waals surface area (Å²) < 4.78 is 0. The third-order valence-electron chi connectivity index (χ3n) is 1.40. The first-order valence-corrected chi connectivity index (χ1v) is 4.52. The molecule has 2 N–H and O–H groups in total. The Labute approximate surface area is 79.2 Å². The van der Waals surface area contributed by atoms with Crippen molar-refractivity contribution in [1.29, 1.82) is 0 Å². The normalized spacial score (nSPS) is 9.62. The van der Waals surface area contributed by atoms with Crippen molar-refractivity contribution in [1.82, 2.24) is 5.32 Å². The van der Waals surface area contributed by atoms with Crippen LogP contribution >= 0.6 is 11.3 Å². The van der Waals surface area contributed by atoms with Crippen LogP contribution in [0.2, 0.25) is 0 Å². The molecule has 0 fully saturated rings. The molecule has 0 aromatic carbocycles. The van der Waals surface area contributed by atoms with Crippen LogP contribution < -0.4 is 5.32 Å². The van der Waals surface area contributed by atoms with Crippen LogP contribution in [0.25, 0.3) is 0 Å². The van der Waals surface area contributed by atoms with Gasteiger partial charge in [0.2, 0.25) is 0 Å². The topological polar surface area (TPSA) is 66.4 Å². The van der Waals surface area contributed by atoms with Gasteiger partial charge in [-0.3, -0.25) is 4.79 Å². The molecule has 70 valence electrons. The Kier molecular flexibility index (Phi) is 3.02. The first-order chi connectivity index (χ1) is 6.09. The number of aryl methyl sites for hydroxylation is 1. The quantitative estimate of drug-likeness (QED) is 0.691. The van der Waals surface area contributed by atoms with E-state index in [1.54, 1.807) is 0 Å². The van der Waals surface area contributed by atoms with Crippen molar-refractivity contribution >= 4 is 23.2 Å². The molecule has 0 bridgehead atoms. The number of carboxylic acid groups (broad SMARTS) is 1. The maximum absolute atomic E-state index is 10.6. The molecule has 0 spiro atoms. The summed E-state index contributed by atoms with van der Waals surface area (Å²) in [4.78, 5) is 21.7. The van der Waals surface area contributed by atoms with E-state index >= 15 is 0 Å². The summed E-state index contributed by atoms with van der Waals surface area (Å²) in [5.41, 5.74) is 1.12. The van der Waals surface area contributed by atoms with E-state index in [2.05, 4.69) is 5.32 Å². The second-order valence-corrected chi connectivity index (χ2v) is 3.57. The van der Waals surface area contributed by atoms with Crippen LogP contribution in [0.1, 0.15) is 10.4 Å². The Morgan fingerprint density at radius 1 is 1.62 bits per heavy atom. The Hall–Kier alpha value is -1.36. The van der Waals surface area contributed by atoms with Crippen molar-refractivity contribution in [3.05, 3.63) is 21.9 Å². The van der Waals surface area contributed by atoms with Crippen LogP contribution in [0, 0.1) is 6.92 Å². The van der Waals surface area contributed by atoms with Crippen molar-refractivity contribution in [2.45, 2.75) is 13.5 Å². The highest BCUT2D eigenvalue weighted by Crippen LogP contribution is 2.12. The highest BCUT2D eigenvalue weighted by atomic mass is 32.1. The monoisotopic (exact) mass is 199 g/mol. The van der Waals surface area contributed by atoms with Gasteiger partial charge < -0.3 is 10.4 Å². The second-order valence-electron chi connectivity index (χ2n) is 2.58. The van der Waals surface area contributed by atoms with Crippen molar-refractivity contribution in [3.8, 4) is 0 Å². The Morgan fingerprint density at radius 2 is 2.31 bits per heavy atom. The van der Waals surface area contributed by atoms with Crippen molar-refractivity contribution in [3.63, 3.8) is 0 Å². The van der Waals surface area contributed by atoms with Crippen molar-refractivity contribution < 1.29 is 14.7 Å². The van der Waals surface area contributed by atoms with Gasteiger partial charge in [-0.2, -0.15) is 0 Å². The Bertz CT molecular complexity index is 332. The average molecular weight is 199 g/mol. The van der Waals surface area contributed by atoms with Crippen molar-refractivity contribution in [2.75, 3.05) is 0 Å². The number of rotatable bonds is 2. The van der Waals surface area contributed by atoms with Gasteiger partial charge in [-0.05, 0) is 23.9 Å². The summed E-state index contributed by atoms with van der Waals surface area (Å²) in [5, 5.41) is 12.5. The standard InChI is InChI=1S/C8H9NO3S/c1-5-2-6(13-4-5)3-9-7(10)8(11)12/h2,4H,3H2,1H3,(H,9,10)(H,11,12). The predicted octanol–water partition coefficient (Wildman–Crippen LogP) is 0.757. The van der Waals surface area contributed by atoms with Gasteiger partial charge >= 0.3 is 11.9 Å². The first-order valence-electron chi connectivity index (χ1n) is 3.64. The zero-order valence-electron chi connectivity index (χ0n) is 7.03. The summed E-state index contributed by atoms with van der Waals surface area (Å²) in [5.74, 6) is -2.42. The maximum atomic E-state index is 10.6. The van der Waals surface area contributed by atoms with Crippen LogP contribution in [0.4, 0.5) is 0 Å². The number of nitrogens with one attached hydrogen (secondary N) is 1. The Morgan fingerprint density at radius 3 is 2.77 bits per heavy atom. The van der Waals surface area contributed by atoms with Gasteiger partial charge in [0.05, 0.1) is 6.54 Å². The summed E-state index contributed by atoms with van der Waals surface area (Å²) in [7, 11) is 0. The van der Waals surface area contributed by atoms with Gasteiger partial charge in [0.15, 0.2) is 0 Å². The average Bonchev–Trinajstić information content (AvgIpc) is 2.47. The molecule has 4 nitrogen and oxygen atoms in total. The minimum Gasteiger partial charge on any atom is -0.474 e. The lowest BCUT2D eigenvalue weighted by Gasteiger charge is -1.97. The van der Waals surface area contributed by atoms with E-state index < -0.39 is 11.9 Å². The second kappa shape index (κ2) is 4.04. The van der Waals surface area contributed by atoms with E-state index in [-0.39, 0.29) is 6.54 Å². The molecular weight excluding hydrogens is 190 g/mol. The third-order valence-corrected chi connectivity index (χ3v) is 2.46. The lowest BCUT2D eigenvalue weighted by molar-refractivity contribution is -0.150. The minimum absolute atomic E-state index is 0.281. The maximum Gasteiger partial charge on any atom is 0.394 e. The molecule has 0 aliphatic carbocycles. The largest absolute Gasteiger partial charge is 0.474 e. The highest BCUT2D eigenvalue weighted by Gasteiger charge is 2.09.